The van der Waals surface area contributed by atoms with Crippen LogP contribution in [0, 0.1) is 5.92 Å². The van der Waals surface area contributed by atoms with Crippen LogP contribution in [0.15, 0.2) is 60.7 Å². The van der Waals surface area contributed by atoms with E-state index in [1.54, 1.807) is 0 Å². The van der Waals surface area contributed by atoms with Gasteiger partial charge in [0.05, 0.1) is 0 Å². The minimum absolute atomic E-state index is 0.260. The molecular formula is C21H25NO. The Bertz CT molecular complexity index is 586. The third-order valence-electron chi connectivity index (χ3n) is 5.78. The van der Waals surface area contributed by atoms with Crippen LogP contribution < -0.4 is 0 Å². The van der Waals surface area contributed by atoms with Gasteiger partial charge in [0.2, 0.25) is 0 Å². The van der Waals surface area contributed by atoms with Gasteiger partial charge in [-0.3, -0.25) is 4.90 Å². The number of hydrogen-bond acceptors (Lipinski definition) is 2. The molecule has 2 saturated heterocycles. The van der Waals surface area contributed by atoms with Crippen LogP contribution in [-0.4, -0.2) is 29.1 Å². The molecule has 0 aromatic heterocycles. The van der Waals surface area contributed by atoms with Gasteiger partial charge in [-0.25, -0.2) is 0 Å². The number of rotatable bonds is 3. The third kappa shape index (κ3) is 2.60. The first-order chi connectivity index (χ1) is 11.3. The minimum atomic E-state index is -0.889. The zero-order valence-electron chi connectivity index (χ0n) is 13.6. The summed E-state index contributed by atoms with van der Waals surface area (Å²) >= 11 is 0. The molecule has 2 fully saturated rings. The van der Waals surface area contributed by atoms with Crippen LogP contribution in [0.3, 0.4) is 0 Å². The van der Waals surface area contributed by atoms with Crippen LogP contribution in [0.5, 0.6) is 0 Å². The largest absolute Gasteiger partial charge is 0.380 e. The zero-order chi connectivity index (χ0) is 15.7. The Balaban J connectivity index is 1.74. The fraction of sp³-hybridized carbons (Fsp3) is 0.429. The van der Waals surface area contributed by atoms with Gasteiger partial charge >= 0.3 is 0 Å². The van der Waals surface area contributed by atoms with E-state index in [4.69, 9.17) is 0 Å². The summed E-state index contributed by atoms with van der Waals surface area (Å²) in [5.74, 6) is 0.260. The first kappa shape index (κ1) is 14.9. The number of piperidine rings is 1. The fourth-order valence-corrected chi connectivity index (χ4v) is 4.58. The standard InChI is InChI=1S/C21H25NO/c23-21(17-9-3-1-4-10-17,18-11-5-2-6-12-18)19-15-20-13-7-8-14-22(20)16-19/h1-6,9-12,19-20,23H,7-8,13-16H2. The SMILES string of the molecule is OC(c1ccccc1)(c1ccccc1)C1CC2CCCCN2C1. The van der Waals surface area contributed by atoms with E-state index in [0.29, 0.717) is 6.04 Å². The molecule has 2 aromatic carbocycles. The summed E-state index contributed by atoms with van der Waals surface area (Å²) in [6.07, 6.45) is 5.03. The van der Waals surface area contributed by atoms with Gasteiger partial charge in [-0.2, -0.15) is 0 Å². The molecule has 1 N–H and O–H groups in total. The Morgan fingerprint density at radius 1 is 0.870 bits per heavy atom. The molecule has 2 heterocycles. The molecule has 2 aliphatic heterocycles. The second kappa shape index (κ2) is 6.10. The Hall–Kier alpha value is -1.64. The molecule has 0 aliphatic carbocycles. The van der Waals surface area contributed by atoms with Crippen LogP contribution in [0.1, 0.15) is 36.8 Å². The molecule has 4 rings (SSSR count). The Morgan fingerprint density at radius 2 is 1.48 bits per heavy atom. The molecule has 2 nitrogen and oxygen atoms in total. The number of benzene rings is 2. The summed E-state index contributed by atoms with van der Waals surface area (Å²) in [5, 5.41) is 11.9. The lowest BCUT2D eigenvalue weighted by molar-refractivity contribution is 0.0199. The van der Waals surface area contributed by atoms with E-state index in [2.05, 4.69) is 29.2 Å². The van der Waals surface area contributed by atoms with Crippen molar-refractivity contribution >= 4 is 0 Å². The van der Waals surface area contributed by atoms with Crippen LogP contribution in [0.4, 0.5) is 0 Å². The van der Waals surface area contributed by atoms with Crippen LogP contribution in [0.2, 0.25) is 0 Å². The van der Waals surface area contributed by atoms with Crippen LogP contribution in [0.25, 0.3) is 0 Å². The summed E-state index contributed by atoms with van der Waals surface area (Å²) < 4.78 is 0. The lowest BCUT2D eigenvalue weighted by atomic mass is 9.75. The smallest absolute Gasteiger partial charge is 0.119 e. The lowest BCUT2D eigenvalue weighted by Gasteiger charge is -2.35. The van der Waals surface area contributed by atoms with Crippen LogP contribution >= 0.6 is 0 Å². The highest BCUT2D eigenvalue weighted by atomic mass is 16.3. The number of hydrogen-bond donors (Lipinski definition) is 1. The number of fused-ring (bicyclic) bond motifs is 1. The van der Waals surface area contributed by atoms with Gasteiger partial charge in [-0.05, 0) is 36.9 Å². The molecule has 0 radical (unpaired) electrons. The molecule has 2 unspecified atom stereocenters. The monoisotopic (exact) mass is 307 g/mol. The van der Waals surface area contributed by atoms with Gasteiger partial charge < -0.3 is 5.11 Å². The maximum absolute atomic E-state index is 11.9. The molecule has 2 aromatic rings. The van der Waals surface area contributed by atoms with Crippen molar-refractivity contribution in [3.05, 3.63) is 71.8 Å². The molecule has 0 spiro atoms. The molecule has 0 saturated carbocycles. The first-order valence-corrected chi connectivity index (χ1v) is 8.86. The molecule has 2 heteroatoms. The Labute approximate surface area is 138 Å². The van der Waals surface area contributed by atoms with Crippen molar-refractivity contribution in [3.8, 4) is 0 Å². The summed E-state index contributed by atoms with van der Waals surface area (Å²) in [5.41, 5.74) is 1.16. The normalized spacial score (nSPS) is 25.3. The van der Waals surface area contributed by atoms with E-state index in [1.165, 1.54) is 25.8 Å². The topological polar surface area (TPSA) is 23.5 Å². The minimum Gasteiger partial charge on any atom is -0.380 e. The third-order valence-corrected chi connectivity index (χ3v) is 5.78. The summed E-state index contributed by atoms with van der Waals surface area (Å²) in [6.45, 7) is 2.20. The lowest BCUT2D eigenvalue weighted by Crippen LogP contribution is -2.38. The summed E-state index contributed by atoms with van der Waals surface area (Å²) in [7, 11) is 0. The van der Waals surface area contributed by atoms with Crippen molar-refractivity contribution in [2.75, 3.05) is 13.1 Å². The average molecular weight is 307 g/mol. The number of aliphatic hydroxyl groups is 1. The molecule has 120 valence electrons. The molecule has 2 aliphatic rings. The maximum atomic E-state index is 11.9. The first-order valence-electron chi connectivity index (χ1n) is 8.86. The predicted octanol–water partition coefficient (Wildman–Crippen LogP) is 3.80. The highest BCUT2D eigenvalue weighted by Gasteiger charge is 2.46. The van der Waals surface area contributed by atoms with Crippen LogP contribution in [-0.2, 0) is 5.60 Å². The number of nitrogens with zero attached hydrogens (tertiary/aromatic N) is 1. The Morgan fingerprint density at radius 3 is 2.04 bits per heavy atom. The van der Waals surface area contributed by atoms with Gasteiger partial charge in [-0.1, -0.05) is 67.1 Å². The maximum Gasteiger partial charge on any atom is 0.119 e. The second-order valence-corrected chi connectivity index (χ2v) is 7.08. The average Bonchev–Trinajstić information content (AvgIpc) is 3.07. The van der Waals surface area contributed by atoms with Crippen molar-refractivity contribution in [3.63, 3.8) is 0 Å². The quantitative estimate of drug-likeness (QED) is 0.932. The van der Waals surface area contributed by atoms with Gasteiger partial charge in [0.15, 0.2) is 0 Å². The van der Waals surface area contributed by atoms with E-state index >= 15 is 0 Å². The highest BCUT2D eigenvalue weighted by molar-refractivity contribution is 5.37. The Kier molecular flexibility index (Phi) is 3.96. The van der Waals surface area contributed by atoms with Gasteiger partial charge in [0.1, 0.15) is 5.60 Å². The molecule has 0 amide bonds. The van der Waals surface area contributed by atoms with E-state index in [9.17, 15) is 5.11 Å². The fourth-order valence-electron chi connectivity index (χ4n) is 4.58. The second-order valence-electron chi connectivity index (χ2n) is 7.08. The van der Waals surface area contributed by atoms with Gasteiger partial charge in [0.25, 0.3) is 0 Å². The van der Waals surface area contributed by atoms with Crippen molar-refractivity contribution in [1.29, 1.82) is 0 Å². The summed E-state index contributed by atoms with van der Waals surface area (Å²) in [6, 6.07) is 21.1. The molecular weight excluding hydrogens is 282 g/mol. The highest BCUT2D eigenvalue weighted by Crippen LogP contribution is 2.44. The van der Waals surface area contributed by atoms with Crippen molar-refractivity contribution < 1.29 is 5.11 Å². The predicted molar refractivity (Wildman–Crippen MR) is 93.2 cm³/mol. The molecule has 0 bridgehead atoms. The van der Waals surface area contributed by atoms with Crippen molar-refractivity contribution in [2.24, 2.45) is 5.92 Å². The van der Waals surface area contributed by atoms with Crippen molar-refractivity contribution in [1.82, 2.24) is 4.90 Å². The van der Waals surface area contributed by atoms with Gasteiger partial charge in [0, 0.05) is 18.5 Å². The zero-order valence-corrected chi connectivity index (χ0v) is 13.6. The molecule has 2 atom stereocenters. The van der Waals surface area contributed by atoms with E-state index in [1.807, 2.05) is 36.4 Å². The summed E-state index contributed by atoms with van der Waals surface area (Å²) in [4.78, 5) is 2.60. The van der Waals surface area contributed by atoms with E-state index in [-0.39, 0.29) is 5.92 Å². The van der Waals surface area contributed by atoms with Gasteiger partial charge in [-0.15, -0.1) is 0 Å². The molecule has 23 heavy (non-hydrogen) atoms. The van der Waals surface area contributed by atoms with E-state index < -0.39 is 5.60 Å². The van der Waals surface area contributed by atoms with E-state index in [0.717, 1.165) is 24.1 Å². The van der Waals surface area contributed by atoms with Crippen molar-refractivity contribution in [2.45, 2.75) is 37.3 Å².